The lowest BCUT2D eigenvalue weighted by molar-refractivity contribution is -0.140. The second-order valence-electron chi connectivity index (χ2n) is 4.66. The summed E-state index contributed by atoms with van der Waals surface area (Å²) in [6, 6.07) is 9.37. The Balaban J connectivity index is 2.31. The van der Waals surface area contributed by atoms with Crippen molar-refractivity contribution in [2.75, 3.05) is 13.1 Å². The second-order valence-corrected chi connectivity index (χ2v) is 4.66. The normalized spacial score (nSPS) is 13.8. The number of hydrogen-bond acceptors (Lipinski definition) is 3. The number of nitrogens with one attached hydrogen (secondary N) is 1. The molecule has 0 heterocycles. The molecular formula is C15H21NO3. The molecule has 0 amide bonds. The molecule has 19 heavy (non-hydrogen) atoms. The SMILES string of the molecule is C=C(C)C(CCNC[C@H](O)c1ccccc1)C(=O)O. The van der Waals surface area contributed by atoms with Gasteiger partial charge in [0, 0.05) is 6.54 Å². The van der Waals surface area contributed by atoms with Crippen LogP contribution in [0.1, 0.15) is 25.0 Å². The van der Waals surface area contributed by atoms with Gasteiger partial charge in [-0.25, -0.2) is 0 Å². The maximum atomic E-state index is 11.0. The third-order valence-electron chi connectivity index (χ3n) is 3.02. The first-order valence-electron chi connectivity index (χ1n) is 6.34. The molecule has 0 aliphatic carbocycles. The fraction of sp³-hybridized carbons (Fsp3) is 0.400. The lowest BCUT2D eigenvalue weighted by Gasteiger charge is -2.15. The highest BCUT2D eigenvalue weighted by atomic mass is 16.4. The molecule has 0 saturated carbocycles. The van der Waals surface area contributed by atoms with Crippen LogP contribution in [0.4, 0.5) is 0 Å². The maximum Gasteiger partial charge on any atom is 0.310 e. The van der Waals surface area contributed by atoms with E-state index in [0.717, 1.165) is 5.56 Å². The van der Waals surface area contributed by atoms with E-state index in [1.165, 1.54) is 0 Å². The Morgan fingerprint density at radius 1 is 1.37 bits per heavy atom. The number of carbonyl (C=O) groups is 1. The Morgan fingerprint density at radius 3 is 2.53 bits per heavy atom. The van der Waals surface area contributed by atoms with Gasteiger partial charge < -0.3 is 15.5 Å². The van der Waals surface area contributed by atoms with Crippen LogP contribution in [0.25, 0.3) is 0 Å². The van der Waals surface area contributed by atoms with Gasteiger partial charge in [-0.1, -0.05) is 42.5 Å². The van der Waals surface area contributed by atoms with Crippen molar-refractivity contribution < 1.29 is 15.0 Å². The molecule has 2 atom stereocenters. The van der Waals surface area contributed by atoms with Crippen LogP contribution in [0.5, 0.6) is 0 Å². The molecular weight excluding hydrogens is 242 g/mol. The molecule has 0 bridgehead atoms. The Kier molecular flexibility index (Phi) is 6.25. The predicted molar refractivity (Wildman–Crippen MR) is 74.8 cm³/mol. The molecule has 0 aromatic heterocycles. The van der Waals surface area contributed by atoms with Crippen LogP contribution in [-0.2, 0) is 4.79 Å². The maximum absolute atomic E-state index is 11.0. The highest BCUT2D eigenvalue weighted by molar-refractivity contribution is 5.73. The molecule has 4 nitrogen and oxygen atoms in total. The monoisotopic (exact) mass is 263 g/mol. The predicted octanol–water partition coefficient (Wildman–Crippen LogP) is 1.98. The van der Waals surface area contributed by atoms with Gasteiger partial charge in [-0.3, -0.25) is 4.79 Å². The minimum absolute atomic E-state index is 0.409. The third-order valence-corrected chi connectivity index (χ3v) is 3.02. The average molecular weight is 263 g/mol. The smallest absolute Gasteiger partial charge is 0.310 e. The first-order chi connectivity index (χ1) is 9.02. The van der Waals surface area contributed by atoms with E-state index in [0.29, 0.717) is 25.1 Å². The fourth-order valence-electron chi connectivity index (χ4n) is 1.86. The largest absolute Gasteiger partial charge is 0.481 e. The molecule has 0 saturated heterocycles. The van der Waals surface area contributed by atoms with Crippen LogP contribution >= 0.6 is 0 Å². The number of aliphatic hydroxyl groups is 1. The second kappa shape index (κ2) is 7.71. The van der Waals surface area contributed by atoms with E-state index in [4.69, 9.17) is 5.11 Å². The number of aliphatic hydroxyl groups excluding tert-OH is 1. The van der Waals surface area contributed by atoms with Crippen LogP contribution in [0.15, 0.2) is 42.5 Å². The molecule has 4 heteroatoms. The molecule has 1 aromatic carbocycles. The zero-order chi connectivity index (χ0) is 14.3. The standard InChI is InChI=1S/C15H21NO3/c1-11(2)13(15(18)19)8-9-16-10-14(17)12-6-4-3-5-7-12/h3-7,13-14,16-17H,1,8-10H2,2H3,(H,18,19)/t13?,14-/m0/s1. The topological polar surface area (TPSA) is 69.6 Å². The van der Waals surface area contributed by atoms with Gasteiger partial charge in [-0.05, 0) is 25.5 Å². The van der Waals surface area contributed by atoms with Crippen molar-refractivity contribution in [3.05, 3.63) is 48.0 Å². The Labute approximate surface area is 113 Å². The highest BCUT2D eigenvalue weighted by Crippen LogP contribution is 2.13. The molecule has 0 aliphatic heterocycles. The van der Waals surface area contributed by atoms with E-state index in [2.05, 4.69) is 11.9 Å². The van der Waals surface area contributed by atoms with E-state index in [1.807, 2.05) is 30.3 Å². The van der Waals surface area contributed by atoms with Crippen LogP contribution in [0.3, 0.4) is 0 Å². The third kappa shape index (κ3) is 5.24. The molecule has 0 aliphatic rings. The number of hydrogen-bond donors (Lipinski definition) is 3. The molecule has 104 valence electrons. The van der Waals surface area contributed by atoms with Gasteiger partial charge in [0.15, 0.2) is 0 Å². The minimum atomic E-state index is -0.849. The summed E-state index contributed by atoms with van der Waals surface area (Å²) in [6.07, 6.45) is -0.0964. The molecule has 0 radical (unpaired) electrons. The Bertz CT molecular complexity index is 403. The summed E-state index contributed by atoms with van der Waals surface area (Å²) in [5.41, 5.74) is 1.50. The minimum Gasteiger partial charge on any atom is -0.481 e. The van der Waals surface area contributed by atoms with Crippen LogP contribution < -0.4 is 5.32 Å². The zero-order valence-electron chi connectivity index (χ0n) is 11.2. The molecule has 0 spiro atoms. The Morgan fingerprint density at radius 2 is 2.00 bits per heavy atom. The van der Waals surface area contributed by atoms with Gasteiger partial charge in [0.25, 0.3) is 0 Å². The number of carboxylic acid groups (broad SMARTS) is 1. The molecule has 1 aromatic rings. The van der Waals surface area contributed by atoms with Gasteiger partial charge in [0.1, 0.15) is 0 Å². The fourth-order valence-corrected chi connectivity index (χ4v) is 1.86. The van der Waals surface area contributed by atoms with Crippen molar-refractivity contribution >= 4 is 5.97 Å². The lowest BCUT2D eigenvalue weighted by Crippen LogP contribution is -2.26. The van der Waals surface area contributed by atoms with E-state index in [-0.39, 0.29) is 0 Å². The number of benzene rings is 1. The van der Waals surface area contributed by atoms with Crippen molar-refractivity contribution in [3.8, 4) is 0 Å². The summed E-state index contributed by atoms with van der Waals surface area (Å²) >= 11 is 0. The van der Waals surface area contributed by atoms with E-state index in [9.17, 15) is 9.90 Å². The van der Waals surface area contributed by atoms with Crippen molar-refractivity contribution in [1.82, 2.24) is 5.32 Å². The van der Waals surface area contributed by atoms with E-state index < -0.39 is 18.0 Å². The summed E-state index contributed by atoms with van der Waals surface area (Å²) in [5, 5.41) is 22.0. The summed E-state index contributed by atoms with van der Waals surface area (Å²) in [4.78, 5) is 11.0. The molecule has 1 rings (SSSR count). The quantitative estimate of drug-likeness (QED) is 0.495. The number of rotatable bonds is 8. The first kappa shape index (κ1) is 15.4. The summed E-state index contributed by atoms with van der Waals surface area (Å²) in [6.45, 7) is 6.34. The molecule has 0 fully saturated rings. The van der Waals surface area contributed by atoms with E-state index in [1.54, 1.807) is 6.92 Å². The number of carboxylic acids is 1. The van der Waals surface area contributed by atoms with Crippen LogP contribution in [0, 0.1) is 5.92 Å². The lowest BCUT2D eigenvalue weighted by atomic mass is 9.98. The van der Waals surface area contributed by atoms with Gasteiger partial charge >= 0.3 is 5.97 Å². The molecule has 3 N–H and O–H groups in total. The van der Waals surface area contributed by atoms with Gasteiger partial charge in [-0.15, -0.1) is 0 Å². The van der Waals surface area contributed by atoms with E-state index >= 15 is 0 Å². The van der Waals surface area contributed by atoms with Crippen LogP contribution in [-0.4, -0.2) is 29.3 Å². The van der Waals surface area contributed by atoms with Crippen molar-refractivity contribution in [2.45, 2.75) is 19.4 Å². The summed E-state index contributed by atoms with van der Waals surface area (Å²) in [5.74, 6) is -1.38. The highest BCUT2D eigenvalue weighted by Gasteiger charge is 2.17. The van der Waals surface area contributed by atoms with Crippen molar-refractivity contribution in [3.63, 3.8) is 0 Å². The van der Waals surface area contributed by atoms with Gasteiger partial charge in [0.05, 0.1) is 12.0 Å². The molecule has 1 unspecified atom stereocenters. The Hall–Kier alpha value is -1.65. The van der Waals surface area contributed by atoms with Crippen molar-refractivity contribution in [1.29, 1.82) is 0 Å². The van der Waals surface area contributed by atoms with Gasteiger partial charge in [0.2, 0.25) is 0 Å². The summed E-state index contributed by atoms with van der Waals surface area (Å²) in [7, 11) is 0. The first-order valence-corrected chi connectivity index (χ1v) is 6.34. The van der Waals surface area contributed by atoms with Crippen LogP contribution in [0.2, 0.25) is 0 Å². The average Bonchev–Trinajstić information content (AvgIpc) is 2.38. The van der Waals surface area contributed by atoms with Crippen molar-refractivity contribution in [2.24, 2.45) is 5.92 Å². The zero-order valence-corrected chi connectivity index (χ0v) is 11.2. The van der Waals surface area contributed by atoms with Gasteiger partial charge in [-0.2, -0.15) is 0 Å². The number of aliphatic carboxylic acids is 1. The summed E-state index contributed by atoms with van der Waals surface area (Å²) < 4.78 is 0.